The number of ether oxygens (including phenoxy) is 2. The second kappa shape index (κ2) is 10.1. The van der Waals surface area contributed by atoms with Crippen LogP contribution in [0.2, 0.25) is 0 Å². The minimum absolute atomic E-state index is 0.260. The number of nitrogens with zero attached hydrogens (tertiary/aromatic N) is 3. The SMILES string of the molecule is COc1ccc(Oc2cc(CNC(=O)NCc3cccc(-n4cccn4)c3)ccn2)cc1. The lowest BCUT2D eigenvalue weighted by atomic mass is 10.2. The monoisotopic (exact) mass is 429 g/mol. The highest BCUT2D eigenvalue weighted by molar-refractivity contribution is 5.73. The van der Waals surface area contributed by atoms with Gasteiger partial charge < -0.3 is 20.1 Å². The Morgan fingerprint density at radius 2 is 1.66 bits per heavy atom. The number of rotatable bonds is 8. The van der Waals surface area contributed by atoms with Crippen LogP contribution in [-0.4, -0.2) is 27.9 Å². The highest BCUT2D eigenvalue weighted by Crippen LogP contribution is 2.22. The average Bonchev–Trinajstić information content (AvgIpc) is 3.38. The summed E-state index contributed by atoms with van der Waals surface area (Å²) in [7, 11) is 1.61. The molecule has 4 aromatic rings. The van der Waals surface area contributed by atoms with Crippen molar-refractivity contribution in [3.63, 3.8) is 0 Å². The van der Waals surface area contributed by atoms with Crippen LogP contribution in [0, 0.1) is 0 Å². The maximum atomic E-state index is 12.2. The summed E-state index contributed by atoms with van der Waals surface area (Å²) < 4.78 is 12.7. The van der Waals surface area contributed by atoms with E-state index < -0.39 is 0 Å². The molecule has 0 aliphatic carbocycles. The first-order valence-corrected chi connectivity index (χ1v) is 10.1. The van der Waals surface area contributed by atoms with Crippen molar-refractivity contribution in [1.29, 1.82) is 0 Å². The molecule has 8 nitrogen and oxygen atoms in total. The third-order valence-corrected chi connectivity index (χ3v) is 4.67. The Morgan fingerprint density at radius 3 is 2.38 bits per heavy atom. The topological polar surface area (TPSA) is 90.3 Å². The Morgan fingerprint density at radius 1 is 0.906 bits per heavy atom. The van der Waals surface area contributed by atoms with Gasteiger partial charge in [-0.2, -0.15) is 5.10 Å². The van der Waals surface area contributed by atoms with Crippen LogP contribution in [0.25, 0.3) is 5.69 Å². The summed E-state index contributed by atoms with van der Waals surface area (Å²) in [4.78, 5) is 16.5. The molecule has 0 radical (unpaired) electrons. The number of nitrogens with one attached hydrogen (secondary N) is 2. The standard InChI is InChI=1S/C24H23N5O3/c1-31-21-6-8-22(9-7-21)32-23-15-19(10-12-25-23)17-27-24(30)26-16-18-4-2-5-20(14-18)29-13-3-11-28-29/h2-15H,16-17H2,1H3,(H2,26,27,30). The number of hydrogen-bond donors (Lipinski definition) is 2. The molecule has 0 spiro atoms. The van der Waals surface area contributed by atoms with Gasteiger partial charge in [-0.3, -0.25) is 0 Å². The molecule has 8 heteroatoms. The molecule has 32 heavy (non-hydrogen) atoms. The second-order valence-electron chi connectivity index (χ2n) is 6.94. The highest BCUT2D eigenvalue weighted by atomic mass is 16.5. The van der Waals surface area contributed by atoms with Crippen molar-refractivity contribution in [3.8, 4) is 23.1 Å². The molecule has 2 aromatic carbocycles. The first-order valence-electron chi connectivity index (χ1n) is 10.1. The second-order valence-corrected chi connectivity index (χ2v) is 6.94. The molecular formula is C24H23N5O3. The van der Waals surface area contributed by atoms with Gasteiger partial charge in [-0.25, -0.2) is 14.5 Å². The lowest BCUT2D eigenvalue weighted by Gasteiger charge is -2.10. The molecule has 162 valence electrons. The molecular weight excluding hydrogens is 406 g/mol. The lowest BCUT2D eigenvalue weighted by molar-refractivity contribution is 0.240. The lowest BCUT2D eigenvalue weighted by Crippen LogP contribution is -2.34. The van der Waals surface area contributed by atoms with Gasteiger partial charge in [0.05, 0.1) is 12.8 Å². The fourth-order valence-corrected chi connectivity index (χ4v) is 3.04. The van der Waals surface area contributed by atoms with Crippen LogP contribution >= 0.6 is 0 Å². The summed E-state index contributed by atoms with van der Waals surface area (Å²) in [6.45, 7) is 0.754. The van der Waals surface area contributed by atoms with Crippen LogP contribution in [-0.2, 0) is 13.1 Å². The largest absolute Gasteiger partial charge is 0.497 e. The Labute approximate surface area is 185 Å². The molecule has 2 aromatic heterocycles. The van der Waals surface area contributed by atoms with E-state index in [1.807, 2.05) is 54.7 Å². The third-order valence-electron chi connectivity index (χ3n) is 4.67. The quantitative estimate of drug-likeness (QED) is 0.441. The molecule has 0 unspecified atom stereocenters. The number of pyridine rings is 1. The molecule has 0 aliphatic heterocycles. The minimum atomic E-state index is -0.260. The van der Waals surface area contributed by atoms with Gasteiger partial charge in [-0.05, 0) is 59.7 Å². The summed E-state index contributed by atoms with van der Waals surface area (Å²) in [5.41, 5.74) is 2.79. The molecule has 0 aliphatic rings. The van der Waals surface area contributed by atoms with Crippen molar-refractivity contribution in [2.45, 2.75) is 13.1 Å². The van der Waals surface area contributed by atoms with E-state index in [0.717, 1.165) is 22.6 Å². The summed E-state index contributed by atoms with van der Waals surface area (Å²) in [5, 5.41) is 9.94. The minimum Gasteiger partial charge on any atom is -0.497 e. The summed E-state index contributed by atoms with van der Waals surface area (Å²) in [5.74, 6) is 1.85. The predicted molar refractivity (Wildman–Crippen MR) is 120 cm³/mol. The van der Waals surface area contributed by atoms with Crippen LogP contribution in [0.5, 0.6) is 17.4 Å². The molecule has 0 bridgehead atoms. The molecule has 2 heterocycles. The van der Waals surface area contributed by atoms with Crippen molar-refractivity contribution in [2.24, 2.45) is 0 Å². The van der Waals surface area contributed by atoms with Gasteiger partial charge in [0.2, 0.25) is 5.88 Å². The maximum absolute atomic E-state index is 12.2. The smallest absolute Gasteiger partial charge is 0.315 e. The fourth-order valence-electron chi connectivity index (χ4n) is 3.04. The summed E-state index contributed by atoms with van der Waals surface area (Å²) >= 11 is 0. The summed E-state index contributed by atoms with van der Waals surface area (Å²) in [6, 6.07) is 20.3. The molecule has 0 atom stereocenters. The fraction of sp³-hybridized carbons (Fsp3) is 0.125. The van der Waals surface area contributed by atoms with E-state index in [9.17, 15) is 4.79 Å². The number of carbonyl (C=O) groups is 1. The summed E-state index contributed by atoms with van der Waals surface area (Å²) in [6.07, 6.45) is 5.25. The number of urea groups is 1. The zero-order chi connectivity index (χ0) is 22.2. The van der Waals surface area contributed by atoms with Crippen molar-refractivity contribution < 1.29 is 14.3 Å². The molecule has 0 saturated carbocycles. The number of carbonyl (C=O) groups excluding carboxylic acids is 1. The first kappa shape index (κ1) is 20.9. The Balaban J connectivity index is 1.28. The van der Waals surface area contributed by atoms with E-state index in [2.05, 4.69) is 20.7 Å². The molecule has 0 saturated heterocycles. The zero-order valence-corrected chi connectivity index (χ0v) is 17.6. The van der Waals surface area contributed by atoms with Gasteiger partial charge in [0.25, 0.3) is 0 Å². The van der Waals surface area contributed by atoms with Crippen LogP contribution in [0.4, 0.5) is 4.79 Å². The van der Waals surface area contributed by atoms with Crippen LogP contribution in [0.3, 0.4) is 0 Å². The van der Waals surface area contributed by atoms with E-state index in [4.69, 9.17) is 9.47 Å². The van der Waals surface area contributed by atoms with Crippen molar-refractivity contribution in [3.05, 3.63) is 96.4 Å². The van der Waals surface area contributed by atoms with E-state index in [1.165, 1.54) is 0 Å². The van der Waals surface area contributed by atoms with Crippen molar-refractivity contribution in [2.75, 3.05) is 7.11 Å². The van der Waals surface area contributed by atoms with Gasteiger partial charge in [-0.15, -0.1) is 0 Å². The van der Waals surface area contributed by atoms with Crippen molar-refractivity contribution >= 4 is 6.03 Å². The Bertz CT molecular complexity index is 1160. The van der Waals surface area contributed by atoms with Gasteiger partial charge in [0, 0.05) is 37.7 Å². The van der Waals surface area contributed by atoms with Gasteiger partial charge in [-0.1, -0.05) is 12.1 Å². The number of hydrogen-bond acceptors (Lipinski definition) is 5. The molecule has 4 rings (SSSR count). The maximum Gasteiger partial charge on any atom is 0.315 e. The number of benzene rings is 2. The molecule has 0 fully saturated rings. The number of methoxy groups -OCH3 is 1. The number of aromatic nitrogens is 3. The van der Waals surface area contributed by atoms with Crippen LogP contribution < -0.4 is 20.1 Å². The van der Waals surface area contributed by atoms with Gasteiger partial charge >= 0.3 is 6.03 Å². The predicted octanol–water partition coefficient (Wildman–Crippen LogP) is 4.07. The van der Waals surface area contributed by atoms with Gasteiger partial charge in [0.1, 0.15) is 11.5 Å². The molecule has 2 N–H and O–H groups in total. The number of amides is 2. The van der Waals surface area contributed by atoms with Gasteiger partial charge in [0.15, 0.2) is 0 Å². The first-order chi connectivity index (χ1) is 15.7. The zero-order valence-electron chi connectivity index (χ0n) is 17.6. The van der Waals surface area contributed by atoms with Crippen molar-refractivity contribution in [1.82, 2.24) is 25.4 Å². The molecule has 2 amide bonds. The van der Waals surface area contributed by atoms with Crippen LogP contribution in [0.1, 0.15) is 11.1 Å². The third kappa shape index (κ3) is 5.63. The average molecular weight is 429 g/mol. The van der Waals surface area contributed by atoms with Crippen LogP contribution in [0.15, 0.2) is 85.3 Å². The van der Waals surface area contributed by atoms with E-state index in [1.54, 1.807) is 42.4 Å². The Hall–Kier alpha value is -4.33. The highest BCUT2D eigenvalue weighted by Gasteiger charge is 2.05. The normalized spacial score (nSPS) is 10.4. The van der Waals surface area contributed by atoms with E-state index in [-0.39, 0.29) is 6.03 Å². The van der Waals surface area contributed by atoms with E-state index >= 15 is 0 Å². The Kier molecular flexibility index (Phi) is 6.62. The van der Waals surface area contributed by atoms with E-state index in [0.29, 0.717) is 24.7 Å².